The van der Waals surface area contributed by atoms with Gasteiger partial charge in [-0.2, -0.15) is 0 Å². The van der Waals surface area contributed by atoms with Crippen LogP contribution >= 0.6 is 0 Å². The summed E-state index contributed by atoms with van der Waals surface area (Å²) in [4.78, 5) is 27.6. The quantitative estimate of drug-likeness (QED) is 0.755. The lowest BCUT2D eigenvalue weighted by molar-refractivity contribution is -0.137. The van der Waals surface area contributed by atoms with Gasteiger partial charge in [0.15, 0.2) is 0 Å². The summed E-state index contributed by atoms with van der Waals surface area (Å²) in [7, 11) is 1.45. The third-order valence-electron chi connectivity index (χ3n) is 2.70. The normalized spacial score (nSPS) is 20.1. The number of hydrogen-bond donors (Lipinski definition) is 1. The maximum atomic E-state index is 12.8. The van der Waals surface area contributed by atoms with Crippen LogP contribution in [0.3, 0.4) is 0 Å². The number of hydrogen-bond acceptors (Lipinski definition) is 4. The van der Waals surface area contributed by atoms with E-state index in [9.17, 15) is 14.0 Å². The van der Waals surface area contributed by atoms with Crippen molar-refractivity contribution >= 4 is 11.8 Å². The molecule has 1 atom stereocenters. The fourth-order valence-corrected chi connectivity index (χ4v) is 1.71. The highest BCUT2D eigenvalue weighted by Crippen LogP contribution is 2.11. The second kappa shape index (κ2) is 4.58. The van der Waals surface area contributed by atoms with Crippen LogP contribution in [0.4, 0.5) is 4.39 Å². The molecule has 0 spiro atoms. The van der Waals surface area contributed by atoms with Crippen LogP contribution in [-0.2, 0) is 16.1 Å². The van der Waals surface area contributed by atoms with Gasteiger partial charge in [-0.3, -0.25) is 19.5 Å². The second-order valence-corrected chi connectivity index (χ2v) is 3.94. The lowest BCUT2D eigenvalue weighted by Crippen LogP contribution is -2.36. The number of likely N-dealkylation sites (N-methyl/N-ethyl adjacent to an activating group) is 1. The Morgan fingerprint density at radius 3 is 2.88 bits per heavy atom. The Labute approximate surface area is 97.6 Å². The topological polar surface area (TPSA) is 62.3 Å². The molecule has 2 heterocycles. The van der Waals surface area contributed by atoms with E-state index < -0.39 is 11.9 Å². The van der Waals surface area contributed by atoms with E-state index in [0.717, 1.165) is 11.1 Å². The third kappa shape index (κ3) is 2.47. The Morgan fingerprint density at radius 1 is 1.53 bits per heavy atom. The molecule has 90 valence electrons. The minimum Gasteiger partial charge on any atom is -0.301 e. The first kappa shape index (κ1) is 11.7. The Kier molecular flexibility index (Phi) is 3.14. The van der Waals surface area contributed by atoms with Gasteiger partial charge in [0.2, 0.25) is 11.8 Å². The summed E-state index contributed by atoms with van der Waals surface area (Å²) < 4.78 is 12.8. The molecule has 1 N–H and O–H groups in total. The molecule has 6 heteroatoms. The van der Waals surface area contributed by atoms with Gasteiger partial charge in [0.25, 0.3) is 0 Å². The molecule has 1 aliphatic rings. The van der Waals surface area contributed by atoms with E-state index in [2.05, 4.69) is 10.3 Å². The minimum absolute atomic E-state index is 0.151. The van der Waals surface area contributed by atoms with Gasteiger partial charge in [-0.25, -0.2) is 4.39 Å². The zero-order valence-corrected chi connectivity index (χ0v) is 9.31. The lowest BCUT2D eigenvalue weighted by atomic mass is 10.2. The van der Waals surface area contributed by atoms with Gasteiger partial charge >= 0.3 is 0 Å². The smallest absolute Gasteiger partial charge is 0.246 e. The largest absolute Gasteiger partial charge is 0.301 e. The van der Waals surface area contributed by atoms with Crippen LogP contribution in [0.1, 0.15) is 12.0 Å². The number of imide groups is 1. The maximum Gasteiger partial charge on any atom is 0.246 e. The second-order valence-electron chi connectivity index (χ2n) is 3.94. The average molecular weight is 237 g/mol. The summed E-state index contributed by atoms with van der Waals surface area (Å²) in [5.74, 6) is -0.875. The van der Waals surface area contributed by atoms with Crippen LogP contribution in [-0.4, -0.2) is 34.8 Å². The van der Waals surface area contributed by atoms with Crippen molar-refractivity contribution in [3.8, 4) is 0 Å². The summed E-state index contributed by atoms with van der Waals surface area (Å²) in [5.41, 5.74) is 0.639. The SMILES string of the molecule is CN1C(=O)CC(NCc2cncc(F)c2)C1=O. The molecule has 5 nitrogen and oxygen atoms in total. The van der Waals surface area contributed by atoms with E-state index in [4.69, 9.17) is 0 Å². The van der Waals surface area contributed by atoms with Crippen molar-refractivity contribution in [2.75, 3.05) is 7.05 Å². The van der Waals surface area contributed by atoms with Gasteiger partial charge in [-0.1, -0.05) is 0 Å². The molecule has 1 fully saturated rings. The van der Waals surface area contributed by atoms with Crippen LogP contribution in [0.5, 0.6) is 0 Å². The van der Waals surface area contributed by atoms with Crippen molar-refractivity contribution < 1.29 is 14.0 Å². The number of nitrogens with zero attached hydrogens (tertiary/aromatic N) is 2. The maximum absolute atomic E-state index is 12.8. The first-order valence-electron chi connectivity index (χ1n) is 5.21. The first-order valence-corrected chi connectivity index (χ1v) is 5.21. The standard InChI is InChI=1S/C11H12FN3O2/c1-15-10(16)3-9(11(15)17)14-5-7-2-8(12)6-13-4-7/h2,4,6,9,14H,3,5H2,1H3. The molecule has 0 radical (unpaired) electrons. The van der Waals surface area contributed by atoms with E-state index >= 15 is 0 Å². The highest BCUT2D eigenvalue weighted by Gasteiger charge is 2.35. The van der Waals surface area contributed by atoms with Crippen LogP contribution in [0.25, 0.3) is 0 Å². The van der Waals surface area contributed by atoms with E-state index in [1.165, 1.54) is 19.3 Å². The molecule has 1 saturated heterocycles. The van der Waals surface area contributed by atoms with Crippen molar-refractivity contribution in [3.05, 3.63) is 29.8 Å². The summed E-state index contributed by atoms with van der Waals surface area (Å²) in [5, 5.41) is 2.92. The third-order valence-corrected chi connectivity index (χ3v) is 2.70. The average Bonchev–Trinajstić information content (AvgIpc) is 2.54. The number of carbonyl (C=O) groups is 2. The molecule has 0 saturated carbocycles. The molecular formula is C11H12FN3O2. The Hall–Kier alpha value is -1.82. The Balaban J connectivity index is 1.95. The summed E-state index contributed by atoms with van der Waals surface area (Å²) in [6.45, 7) is 0.308. The zero-order chi connectivity index (χ0) is 12.4. The highest BCUT2D eigenvalue weighted by molar-refractivity contribution is 6.05. The molecule has 2 rings (SSSR count). The van der Waals surface area contributed by atoms with Gasteiger partial charge in [0.05, 0.1) is 18.7 Å². The number of pyridine rings is 1. The van der Waals surface area contributed by atoms with Crippen molar-refractivity contribution in [1.82, 2.24) is 15.2 Å². The van der Waals surface area contributed by atoms with Crippen LogP contribution < -0.4 is 5.32 Å². The van der Waals surface area contributed by atoms with E-state index in [0.29, 0.717) is 12.1 Å². The first-order chi connectivity index (χ1) is 8.08. The number of aromatic nitrogens is 1. The van der Waals surface area contributed by atoms with Crippen molar-refractivity contribution in [3.63, 3.8) is 0 Å². The van der Waals surface area contributed by atoms with Gasteiger partial charge < -0.3 is 5.32 Å². The Bertz CT molecular complexity index is 464. The molecule has 17 heavy (non-hydrogen) atoms. The lowest BCUT2D eigenvalue weighted by Gasteiger charge is -2.10. The van der Waals surface area contributed by atoms with Crippen LogP contribution in [0.15, 0.2) is 18.5 Å². The van der Waals surface area contributed by atoms with Gasteiger partial charge in [0.1, 0.15) is 5.82 Å². The number of rotatable bonds is 3. The molecule has 0 aromatic carbocycles. The predicted molar refractivity (Wildman–Crippen MR) is 57.2 cm³/mol. The van der Waals surface area contributed by atoms with Crippen molar-refractivity contribution in [1.29, 1.82) is 0 Å². The molecule has 1 aromatic rings. The predicted octanol–water partition coefficient (Wildman–Crippen LogP) is 0.0676. The zero-order valence-electron chi connectivity index (χ0n) is 9.31. The number of likely N-dealkylation sites (tertiary alicyclic amines) is 1. The Morgan fingerprint density at radius 2 is 2.29 bits per heavy atom. The number of nitrogens with one attached hydrogen (secondary N) is 1. The number of halogens is 1. The fraction of sp³-hybridized carbons (Fsp3) is 0.364. The fourth-order valence-electron chi connectivity index (χ4n) is 1.71. The van der Waals surface area contributed by atoms with Gasteiger partial charge in [-0.05, 0) is 11.6 Å². The number of carbonyl (C=O) groups excluding carboxylic acids is 2. The molecule has 1 aromatic heterocycles. The van der Waals surface area contributed by atoms with Gasteiger partial charge in [-0.15, -0.1) is 0 Å². The van der Waals surface area contributed by atoms with Crippen LogP contribution in [0.2, 0.25) is 0 Å². The van der Waals surface area contributed by atoms with Crippen LogP contribution in [0, 0.1) is 5.82 Å². The number of amides is 2. The summed E-state index contributed by atoms with van der Waals surface area (Å²) in [6.07, 6.45) is 2.78. The molecule has 1 unspecified atom stereocenters. The molecule has 1 aliphatic heterocycles. The molecule has 0 aliphatic carbocycles. The minimum atomic E-state index is -0.518. The highest BCUT2D eigenvalue weighted by atomic mass is 19.1. The molecular weight excluding hydrogens is 225 g/mol. The molecule has 2 amide bonds. The summed E-state index contributed by atoms with van der Waals surface area (Å²) in [6, 6.07) is 0.820. The van der Waals surface area contributed by atoms with Crippen molar-refractivity contribution in [2.24, 2.45) is 0 Å². The van der Waals surface area contributed by atoms with Crippen molar-refractivity contribution in [2.45, 2.75) is 19.0 Å². The monoisotopic (exact) mass is 237 g/mol. The van der Waals surface area contributed by atoms with Gasteiger partial charge in [0, 0.05) is 19.8 Å². The van der Waals surface area contributed by atoms with E-state index in [-0.39, 0.29) is 18.2 Å². The van der Waals surface area contributed by atoms with E-state index in [1.54, 1.807) is 0 Å². The summed E-state index contributed by atoms with van der Waals surface area (Å²) >= 11 is 0. The van der Waals surface area contributed by atoms with E-state index in [1.807, 2.05) is 0 Å². The molecule has 0 bridgehead atoms.